The van der Waals surface area contributed by atoms with Gasteiger partial charge in [0.25, 0.3) is 0 Å². The first-order valence-electron chi connectivity index (χ1n) is 8.12. The summed E-state index contributed by atoms with van der Waals surface area (Å²) in [5.41, 5.74) is 5.65. The van der Waals surface area contributed by atoms with Crippen molar-refractivity contribution in [3.8, 4) is 0 Å². The van der Waals surface area contributed by atoms with E-state index in [0.29, 0.717) is 0 Å². The molecule has 3 heteroatoms. The topological polar surface area (TPSA) is 40.7 Å². The smallest absolute Gasteiger partial charge is 0.0963 e. The van der Waals surface area contributed by atoms with Gasteiger partial charge in [-0.2, -0.15) is 0 Å². The van der Waals surface area contributed by atoms with E-state index in [-0.39, 0.29) is 6.04 Å². The van der Waals surface area contributed by atoms with Crippen molar-refractivity contribution in [3.63, 3.8) is 0 Å². The van der Waals surface area contributed by atoms with Crippen molar-refractivity contribution in [2.75, 3.05) is 5.32 Å². The van der Waals surface area contributed by atoms with Crippen molar-refractivity contribution >= 4 is 16.6 Å². The summed E-state index contributed by atoms with van der Waals surface area (Å²) in [5, 5.41) is 4.88. The lowest BCUT2D eigenvalue weighted by Crippen LogP contribution is -2.14. The van der Waals surface area contributed by atoms with Crippen LogP contribution in [0.2, 0.25) is 0 Å². The lowest BCUT2D eigenvalue weighted by molar-refractivity contribution is 0.884. The molecule has 3 nitrogen and oxygen atoms in total. The first-order valence-corrected chi connectivity index (χ1v) is 8.12. The second-order valence-corrected chi connectivity index (χ2v) is 5.91. The molecule has 118 valence electrons. The molecule has 0 saturated heterocycles. The highest BCUT2D eigenvalue weighted by molar-refractivity contribution is 5.86. The van der Waals surface area contributed by atoms with Crippen molar-refractivity contribution in [2.24, 2.45) is 0 Å². The van der Waals surface area contributed by atoms with Crippen molar-refractivity contribution < 1.29 is 0 Å². The number of H-pyrrole nitrogens is 1. The average Bonchev–Trinajstić information content (AvgIpc) is 2.97. The molecule has 2 heterocycles. The minimum absolute atomic E-state index is 0.00949. The second kappa shape index (κ2) is 6.20. The molecule has 0 unspecified atom stereocenters. The van der Waals surface area contributed by atoms with Crippen LogP contribution in [0.4, 0.5) is 5.69 Å². The number of aromatic amines is 1. The monoisotopic (exact) mass is 313 g/mol. The van der Waals surface area contributed by atoms with Crippen LogP contribution in [-0.2, 0) is 0 Å². The van der Waals surface area contributed by atoms with Gasteiger partial charge in [-0.1, -0.05) is 42.5 Å². The van der Waals surface area contributed by atoms with E-state index >= 15 is 0 Å². The molecular formula is C21H19N3. The molecule has 2 N–H and O–H groups in total. The van der Waals surface area contributed by atoms with Gasteiger partial charge in [0.2, 0.25) is 0 Å². The minimum atomic E-state index is -0.00949. The molecule has 24 heavy (non-hydrogen) atoms. The first kappa shape index (κ1) is 14.5. The van der Waals surface area contributed by atoms with E-state index in [1.54, 1.807) is 0 Å². The highest BCUT2D eigenvalue weighted by Crippen LogP contribution is 2.33. The first-order chi connectivity index (χ1) is 11.8. The largest absolute Gasteiger partial charge is 0.373 e. The van der Waals surface area contributed by atoms with E-state index in [1.165, 1.54) is 10.9 Å². The van der Waals surface area contributed by atoms with E-state index in [0.717, 1.165) is 22.6 Å². The molecule has 0 radical (unpaired) electrons. The number of fused-ring (bicyclic) bond motifs is 1. The Kier molecular flexibility index (Phi) is 3.75. The Bertz CT molecular complexity index is 943. The molecule has 2 aromatic carbocycles. The van der Waals surface area contributed by atoms with Gasteiger partial charge in [-0.05, 0) is 37.3 Å². The van der Waals surface area contributed by atoms with Gasteiger partial charge in [0.05, 0.1) is 11.7 Å². The molecule has 1 atom stereocenters. The normalized spacial score (nSPS) is 12.2. The van der Waals surface area contributed by atoms with Gasteiger partial charge in [-0.3, -0.25) is 4.98 Å². The minimum Gasteiger partial charge on any atom is -0.373 e. The maximum Gasteiger partial charge on any atom is 0.0963 e. The van der Waals surface area contributed by atoms with Crippen LogP contribution in [0.25, 0.3) is 10.9 Å². The number of hydrogen-bond donors (Lipinski definition) is 2. The molecule has 4 aromatic rings. The van der Waals surface area contributed by atoms with E-state index in [9.17, 15) is 0 Å². The predicted octanol–water partition coefficient (Wildman–Crippen LogP) is 5.07. The van der Waals surface area contributed by atoms with Crippen molar-refractivity contribution in [1.29, 1.82) is 0 Å². The molecule has 0 aliphatic rings. The van der Waals surface area contributed by atoms with Crippen LogP contribution in [0.5, 0.6) is 0 Å². The summed E-state index contributed by atoms with van der Waals surface area (Å²) in [4.78, 5) is 8.10. The quantitative estimate of drug-likeness (QED) is 0.552. The number of aryl methyl sites for hydroxylation is 1. The second-order valence-electron chi connectivity index (χ2n) is 5.91. The average molecular weight is 313 g/mol. The molecule has 0 amide bonds. The van der Waals surface area contributed by atoms with Gasteiger partial charge >= 0.3 is 0 Å². The summed E-state index contributed by atoms with van der Waals surface area (Å²) in [6, 6.07) is 24.7. The van der Waals surface area contributed by atoms with E-state index in [4.69, 9.17) is 0 Å². The number of nitrogens with one attached hydrogen (secondary N) is 2. The van der Waals surface area contributed by atoms with Gasteiger partial charge in [-0.25, -0.2) is 0 Å². The Balaban J connectivity index is 1.87. The Hall–Kier alpha value is -3.07. The fourth-order valence-electron chi connectivity index (χ4n) is 3.21. The molecule has 0 aliphatic heterocycles. The number of para-hydroxylation sites is 2. The van der Waals surface area contributed by atoms with E-state index in [2.05, 4.69) is 64.7 Å². The lowest BCUT2D eigenvalue weighted by Gasteiger charge is -2.20. The molecule has 0 saturated carbocycles. The van der Waals surface area contributed by atoms with Gasteiger partial charge in [0.1, 0.15) is 0 Å². The summed E-state index contributed by atoms with van der Waals surface area (Å²) in [6.45, 7) is 2.12. The third-order valence-electron chi connectivity index (χ3n) is 4.30. The predicted molar refractivity (Wildman–Crippen MR) is 99.2 cm³/mol. The zero-order chi connectivity index (χ0) is 16.4. The number of pyridine rings is 1. The zero-order valence-electron chi connectivity index (χ0n) is 13.5. The SMILES string of the molecule is Cc1[nH]c2ccccc2c1[C@H](Nc1ccccc1)c1ccccn1. The van der Waals surface area contributed by atoms with E-state index in [1.807, 2.05) is 36.5 Å². The number of nitrogens with zero attached hydrogens (tertiary/aromatic N) is 1. The van der Waals surface area contributed by atoms with Crippen molar-refractivity contribution in [1.82, 2.24) is 9.97 Å². The maximum absolute atomic E-state index is 4.60. The van der Waals surface area contributed by atoms with Crippen LogP contribution in [0.1, 0.15) is 23.0 Å². The lowest BCUT2D eigenvalue weighted by atomic mass is 9.99. The fraction of sp³-hybridized carbons (Fsp3) is 0.0952. The molecule has 0 bridgehead atoms. The third-order valence-corrected chi connectivity index (χ3v) is 4.30. The van der Waals surface area contributed by atoms with Crippen molar-refractivity contribution in [3.05, 3.63) is 95.9 Å². The van der Waals surface area contributed by atoms with Crippen LogP contribution >= 0.6 is 0 Å². The van der Waals surface area contributed by atoms with Gasteiger partial charge in [-0.15, -0.1) is 0 Å². The summed E-state index contributed by atoms with van der Waals surface area (Å²) < 4.78 is 0. The number of anilines is 1. The van der Waals surface area contributed by atoms with Crippen LogP contribution in [0.15, 0.2) is 79.0 Å². The van der Waals surface area contributed by atoms with Crippen LogP contribution in [-0.4, -0.2) is 9.97 Å². The fourth-order valence-corrected chi connectivity index (χ4v) is 3.21. The zero-order valence-corrected chi connectivity index (χ0v) is 13.5. The standard InChI is InChI=1S/C21H19N3/c1-15-20(17-11-5-6-12-18(17)23-15)21(19-13-7-8-14-22-19)24-16-9-3-2-4-10-16/h2-14,21,23-24H,1H3/t21-/m1/s1. The third kappa shape index (κ3) is 2.65. The summed E-state index contributed by atoms with van der Waals surface area (Å²) in [5.74, 6) is 0. The van der Waals surface area contributed by atoms with Gasteiger partial charge in [0, 0.05) is 34.0 Å². The highest BCUT2D eigenvalue weighted by atomic mass is 15.0. The van der Waals surface area contributed by atoms with Crippen LogP contribution < -0.4 is 5.32 Å². The molecule has 2 aromatic heterocycles. The molecule has 4 rings (SSSR count). The molecular weight excluding hydrogens is 294 g/mol. The highest BCUT2D eigenvalue weighted by Gasteiger charge is 2.21. The summed E-state index contributed by atoms with van der Waals surface area (Å²) in [6.07, 6.45) is 1.85. The maximum atomic E-state index is 4.60. The Morgan fingerprint density at radius 3 is 2.42 bits per heavy atom. The number of aromatic nitrogens is 2. The Morgan fingerprint density at radius 2 is 1.62 bits per heavy atom. The Labute approximate surface area is 141 Å². The summed E-state index contributed by atoms with van der Waals surface area (Å²) in [7, 11) is 0. The summed E-state index contributed by atoms with van der Waals surface area (Å²) >= 11 is 0. The number of benzene rings is 2. The number of hydrogen-bond acceptors (Lipinski definition) is 2. The molecule has 0 spiro atoms. The van der Waals surface area contributed by atoms with E-state index < -0.39 is 0 Å². The van der Waals surface area contributed by atoms with Crippen molar-refractivity contribution in [2.45, 2.75) is 13.0 Å². The van der Waals surface area contributed by atoms with Crippen LogP contribution in [0, 0.1) is 6.92 Å². The van der Waals surface area contributed by atoms with Crippen LogP contribution in [0.3, 0.4) is 0 Å². The van der Waals surface area contributed by atoms with Gasteiger partial charge in [0.15, 0.2) is 0 Å². The molecule has 0 fully saturated rings. The van der Waals surface area contributed by atoms with Gasteiger partial charge < -0.3 is 10.3 Å². The Morgan fingerprint density at radius 1 is 0.875 bits per heavy atom. The molecule has 0 aliphatic carbocycles. The number of rotatable bonds is 4.